The summed E-state index contributed by atoms with van der Waals surface area (Å²) in [5, 5.41) is 6.32. The van der Waals surface area contributed by atoms with Crippen LogP contribution in [-0.2, 0) is 11.2 Å². The topological polar surface area (TPSA) is 57.3 Å². The molecule has 0 atom stereocenters. The minimum absolute atomic E-state index is 0. The number of nitrogens with one attached hydrogen (secondary N) is 2. The van der Waals surface area contributed by atoms with E-state index in [0.29, 0.717) is 12.8 Å². The summed E-state index contributed by atoms with van der Waals surface area (Å²) in [6, 6.07) is 5.80. The summed E-state index contributed by atoms with van der Waals surface area (Å²) in [5.41, 5.74) is 0.975. The van der Waals surface area contributed by atoms with Gasteiger partial charge in [0.15, 0.2) is 0 Å². The number of rotatable bonds is 7. The predicted octanol–water partition coefficient (Wildman–Crippen LogP) is 1.27. The summed E-state index contributed by atoms with van der Waals surface area (Å²) >= 11 is 0. The van der Waals surface area contributed by atoms with Gasteiger partial charge in [0.25, 0.3) is 0 Å². The molecule has 0 unspecified atom stereocenters. The molecule has 126 valence electrons. The second-order valence-electron chi connectivity index (χ2n) is 5.12. The Hall–Kier alpha value is -0.880. The van der Waals surface area contributed by atoms with Crippen molar-refractivity contribution in [2.24, 2.45) is 0 Å². The van der Waals surface area contributed by atoms with Gasteiger partial charge in [-0.1, -0.05) is 6.07 Å². The molecule has 5 nitrogen and oxygen atoms in total. The average molecular weight is 349 g/mol. The molecule has 0 radical (unpaired) electrons. The highest BCUT2D eigenvalue weighted by molar-refractivity contribution is 5.85. The molecule has 1 aromatic heterocycles. The Labute approximate surface area is 145 Å². The van der Waals surface area contributed by atoms with E-state index < -0.39 is 0 Å². The van der Waals surface area contributed by atoms with Gasteiger partial charge < -0.3 is 15.5 Å². The van der Waals surface area contributed by atoms with E-state index >= 15 is 0 Å². The van der Waals surface area contributed by atoms with Crippen molar-refractivity contribution in [1.82, 2.24) is 20.5 Å². The first kappa shape index (κ1) is 21.1. The van der Waals surface area contributed by atoms with E-state index in [1.165, 1.54) is 0 Å². The Morgan fingerprint density at radius 3 is 2.73 bits per heavy atom. The highest BCUT2D eigenvalue weighted by Crippen LogP contribution is 1.98. The van der Waals surface area contributed by atoms with E-state index in [4.69, 9.17) is 0 Å². The third kappa shape index (κ3) is 8.54. The zero-order valence-corrected chi connectivity index (χ0v) is 14.4. The van der Waals surface area contributed by atoms with Crippen LogP contribution in [0.25, 0.3) is 0 Å². The van der Waals surface area contributed by atoms with Gasteiger partial charge in [-0.25, -0.2) is 0 Å². The number of pyridine rings is 1. The smallest absolute Gasteiger partial charge is 0.220 e. The van der Waals surface area contributed by atoms with Crippen molar-refractivity contribution in [2.45, 2.75) is 19.3 Å². The van der Waals surface area contributed by atoms with Gasteiger partial charge in [0.05, 0.1) is 0 Å². The molecule has 22 heavy (non-hydrogen) atoms. The minimum Gasteiger partial charge on any atom is -0.356 e. The lowest BCUT2D eigenvalue weighted by molar-refractivity contribution is -0.121. The van der Waals surface area contributed by atoms with E-state index in [0.717, 1.165) is 51.4 Å². The molecule has 1 aromatic rings. The van der Waals surface area contributed by atoms with Gasteiger partial charge in [-0.3, -0.25) is 9.78 Å². The first-order valence-electron chi connectivity index (χ1n) is 7.44. The highest BCUT2D eigenvalue weighted by atomic mass is 35.5. The number of hydrogen-bond donors (Lipinski definition) is 2. The molecular weight excluding hydrogens is 323 g/mol. The summed E-state index contributed by atoms with van der Waals surface area (Å²) in [5.74, 6) is 0.121. The van der Waals surface area contributed by atoms with E-state index in [2.05, 4.69) is 20.5 Å². The van der Waals surface area contributed by atoms with E-state index in [-0.39, 0.29) is 30.7 Å². The van der Waals surface area contributed by atoms with Crippen LogP contribution in [-0.4, -0.2) is 55.1 Å². The number of piperazine rings is 1. The number of nitrogens with zero attached hydrogens (tertiary/aromatic N) is 2. The summed E-state index contributed by atoms with van der Waals surface area (Å²) in [7, 11) is 0. The Morgan fingerprint density at radius 2 is 2.05 bits per heavy atom. The lowest BCUT2D eigenvalue weighted by Crippen LogP contribution is -2.44. The summed E-state index contributed by atoms with van der Waals surface area (Å²) < 4.78 is 0. The fourth-order valence-electron chi connectivity index (χ4n) is 2.34. The molecule has 0 aliphatic carbocycles. The van der Waals surface area contributed by atoms with E-state index in [1.807, 2.05) is 18.2 Å². The maximum atomic E-state index is 11.7. The van der Waals surface area contributed by atoms with Crippen LogP contribution in [0.3, 0.4) is 0 Å². The summed E-state index contributed by atoms with van der Waals surface area (Å²) in [6.07, 6.45) is 4.02. The van der Waals surface area contributed by atoms with Crippen LogP contribution in [0, 0.1) is 0 Å². The fourth-order valence-corrected chi connectivity index (χ4v) is 2.34. The second-order valence-corrected chi connectivity index (χ2v) is 5.12. The third-order valence-corrected chi connectivity index (χ3v) is 3.52. The Morgan fingerprint density at radius 1 is 1.27 bits per heavy atom. The van der Waals surface area contributed by atoms with Gasteiger partial charge in [-0.2, -0.15) is 0 Å². The second kappa shape index (κ2) is 12.6. The van der Waals surface area contributed by atoms with Crippen molar-refractivity contribution < 1.29 is 4.79 Å². The molecule has 0 aromatic carbocycles. The number of amides is 1. The maximum Gasteiger partial charge on any atom is 0.220 e. The Balaban J connectivity index is 0.00000220. The molecule has 0 bridgehead atoms. The van der Waals surface area contributed by atoms with Crippen molar-refractivity contribution >= 4 is 30.7 Å². The molecule has 7 heteroatoms. The molecule has 1 saturated heterocycles. The van der Waals surface area contributed by atoms with Crippen LogP contribution in [0.4, 0.5) is 0 Å². The normalized spacial score (nSPS) is 14.5. The van der Waals surface area contributed by atoms with Gasteiger partial charge in [0.1, 0.15) is 0 Å². The monoisotopic (exact) mass is 348 g/mol. The van der Waals surface area contributed by atoms with Crippen molar-refractivity contribution in [2.75, 3.05) is 39.3 Å². The quantitative estimate of drug-likeness (QED) is 0.728. The SMILES string of the molecule is Cl.Cl.O=C(CCc1ccccn1)NCCCN1CCNCC1. The molecule has 0 spiro atoms. The van der Waals surface area contributed by atoms with Gasteiger partial charge in [-0.05, 0) is 31.5 Å². The summed E-state index contributed by atoms with van der Waals surface area (Å²) in [4.78, 5) is 18.4. The van der Waals surface area contributed by atoms with Crippen LogP contribution in [0.2, 0.25) is 0 Å². The molecule has 2 N–H and O–H groups in total. The van der Waals surface area contributed by atoms with Crippen molar-refractivity contribution in [1.29, 1.82) is 0 Å². The van der Waals surface area contributed by atoms with Gasteiger partial charge in [0.2, 0.25) is 5.91 Å². The number of aromatic nitrogens is 1. The fraction of sp³-hybridized carbons (Fsp3) is 0.600. The van der Waals surface area contributed by atoms with Crippen molar-refractivity contribution in [3.8, 4) is 0 Å². The first-order valence-corrected chi connectivity index (χ1v) is 7.44. The molecule has 2 rings (SSSR count). The maximum absolute atomic E-state index is 11.7. The van der Waals surface area contributed by atoms with Crippen molar-refractivity contribution in [3.05, 3.63) is 30.1 Å². The molecule has 0 saturated carbocycles. The molecule has 2 heterocycles. The number of aryl methyl sites for hydroxylation is 1. The zero-order valence-electron chi connectivity index (χ0n) is 12.8. The first-order chi connectivity index (χ1) is 9.84. The molecule has 1 amide bonds. The largest absolute Gasteiger partial charge is 0.356 e. The lowest BCUT2D eigenvalue weighted by Gasteiger charge is -2.27. The highest BCUT2D eigenvalue weighted by Gasteiger charge is 2.08. The number of carbonyl (C=O) groups is 1. The number of halogens is 2. The van der Waals surface area contributed by atoms with Crippen LogP contribution in [0.5, 0.6) is 0 Å². The van der Waals surface area contributed by atoms with Crippen LogP contribution >= 0.6 is 24.8 Å². The van der Waals surface area contributed by atoms with Gasteiger partial charge >= 0.3 is 0 Å². The van der Waals surface area contributed by atoms with Gasteiger partial charge in [0, 0.05) is 51.0 Å². The van der Waals surface area contributed by atoms with Crippen LogP contribution in [0.15, 0.2) is 24.4 Å². The Bertz CT molecular complexity index is 400. The van der Waals surface area contributed by atoms with Crippen LogP contribution in [0.1, 0.15) is 18.5 Å². The molecule has 1 aliphatic rings. The zero-order chi connectivity index (χ0) is 14.0. The predicted molar refractivity (Wildman–Crippen MR) is 94.0 cm³/mol. The lowest BCUT2D eigenvalue weighted by atomic mass is 10.2. The Kier molecular flexibility index (Phi) is 12.1. The van der Waals surface area contributed by atoms with Gasteiger partial charge in [-0.15, -0.1) is 24.8 Å². The van der Waals surface area contributed by atoms with Crippen LogP contribution < -0.4 is 10.6 Å². The summed E-state index contributed by atoms with van der Waals surface area (Å²) in [6.45, 7) is 6.24. The minimum atomic E-state index is 0. The molecule has 1 aliphatic heterocycles. The van der Waals surface area contributed by atoms with Crippen molar-refractivity contribution in [3.63, 3.8) is 0 Å². The number of carbonyl (C=O) groups excluding carboxylic acids is 1. The number of hydrogen-bond acceptors (Lipinski definition) is 4. The van der Waals surface area contributed by atoms with E-state index in [1.54, 1.807) is 6.20 Å². The standard InChI is InChI=1S/C15H24N4O.2ClH/c20-15(6-5-14-4-1-2-7-17-14)18-8-3-11-19-12-9-16-10-13-19;;/h1-2,4,7,16H,3,5-6,8-13H2,(H,18,20);2*1H. The third-order valence-electron chi connectivity index (χ3n) is 3.52. The molecular formula is C15H26Cl2N4O. The molecule has 1 fully saturated rings. The van der Waals surface area contributed by atoms with E-state index in [9.17, 15) is 4.79 Å². The average Bonchev–Trinajstić information content (AvgIpc) is 2.52.